The molecule has 2 atom stereocenters. The average molecular weight is 524 g/mol. The van der Waals surface area contributed by atoms with Crippen molar-refractivity contribution in [1.29, 1.82) is 0 Å². The molecule has 8 nitrogen and oxygen atoms in total. The third kappa shape index (κ3) is 10.5. The van der Waals surface area contributed by atoms with Gasteiger partial charge in [-0.2, -0.15) is 0 Å². The molecule has 1 saturated heterocycles. The molecule has 1 unspecified atom stereocenters. The molecule has 0 spiro atoms. The predicted molar refractivity (Wildman–Crippen MR) is 147 cm³/mol. The van der Waals surface area contributed by atoms with Gasteiger partial charge in [-0.3, -0.25) is 14.4 Å². The first-order valence-electron chi connectivity index (χ1n) is 13.7. The van der Waals surface area contributed by atoms with Crippen molar-refractivity contribution in [2.24, 2.45) is 5.92 Å². The van der Waals surface area contributed by atoms with E-state index in [9.17, 15) is 14.4 Å². The summed E-state index contributed by atoms with van der Waals surface area (Å²) in [5.74, 6) is -0.0814. The molecule has 1 fully saturated rings. The van der Waals surface area contributed by atoms with Gasteiger partial charge in [-0.05, 0) is 93.3 Å². The minimum atomic E-state index is -0.941. The summed E-state index contributed by atoms with van der Waals surface area (Å²) < 4.78 is 6.01. The highest BCUT2D eigenvalue weighted by molar-refractivity contribution is 5.87. The van der Waals surface area contributed by atoms with Gasteiger partial charge in [0, 0.05) is 19.4 Å². The van der Waals surface area contributed by atoms with E-state index in [2.05, 4.69) is 16.0 Å². The molecule has 3 rings (SSSR count). The van der Waals surface area contributed by atoms with Crippen LogP contribution < -0.4 is 20.7 Å². The normalized spacial score (nSPS) is 15.9. The summed E-state index contributed by atoms with van der Waals surface area (Å²) in [5.41, 5.74) is 3.09. The standard InChI is InChI=1S/C30H41N3O5/c1-22-12-14-26(38-18-16-24-9-6-17-31-20-24)19-25(22)21-32-30(37)27(15-13-23-7-3-2-4-8-23)33-28(34)10-5-11-29(35)36/h2-4,7-8,12,14,19,24,27,31H,5-6,9-11,13,15-18,20-21H2,1H3,(H,32,37)(H,33,34)(H,35,36)/t24?,27-/m0/s1. The lowest BCUT2D eigenvalue weighted by molar-refractivity contribution is -0.137. The van der Waals surface area contributed by atoms with Crippen molar-refractivity contribution in [3.63, 3.8) is 0 Å². The number of carboxylic acid groups (broad SMARTS) is 1. The fourth-order valence-corrected chi connectivity index (χ4v) is 4.64. The van der Waals surface area contributed by atoms with E-state index in [4.69, 9.17) is 9.84 Å². The van der Waals surface area contributed by atoms with Gasteiger partial charge >= 0.3 is 5.97 Å². The van der Waals surface area contributed by atoms with Gasteiger partial charge in [0.1, 0.15) is 11.8 Å². The number of carbonyl (C=O) groups excluding carboxylic acids is 2. The number of hydrogen-bond acceptors (Lipinski definition) is 5. The fraction of sp³-hybridized carbons (Fsp3) is 0.500. The van der Waals surface area contributed by atoms with Gasteiger partial charge in [0.05, 0.1) is 6.61 Å². The largest absolute Gasteiger partial charge is 0.494 e. The van der Waals surface area contributed by atoms with Crippen molar-refractivity contribution in [3.05, 3.63) is 65.2 Å². The van der Waals surface area contributed by atoms with Crippen LogP contribution >= 0.6 is 0 Å². The first-order chi connectivity index (χ1) is 18.4. The first-order valence-corrected chi connectivity index (χ1v) is 13.7. The number of carbonyl (C=O) groups is 3. The summed E-state index contributed by atoms with van der Waals surface area (Å²) in [5, 5.41) is 18.0. The molecule has 38 heavy (non-hydrogen) atoms. The van der Waals surface area contributed by atoms with Crippen LogP contribution in [0.2, 0.25) is 0 Å². The highest BCUT2D eigenvalue weighted by Crippen LogP contribution is 2.20. The number of aliphatic carboxylic acids is 1. The molecule has 0 aliphatic carbocycles. The van der Waals surface area contributed by atoms with Gasteiger partial charge in [-0.15, -0.1) is 0 Å². The molecule has 0 saturated carbocycles. The summed E-state index contributed by atoms with van der Waals surface area (Å²) in [4.78, 5) is 36.3. The van der Waals surface area contributed by atoms with Crippen LogP contribution in [0.5, 0.6) is 5.75 Å². The molecular formula is C30H41N3O5. The number of carboxylic acids is 1. The third-order valence-electron chi connectivity index (χ3n) is 6.98. The zero-order valence-corrected chi connectivity index (χ0v) is 22.3. The summed E-state index contributed by atoms with van der Waals surface area (Å²) in [6, 6.07) is 15.0. The molecule has 0 bridgehead atoms. The smallest absolute Gasteiger partial charge is 0.303 e. The number of hydrogen-bond donors (Lipinski definition) is 4. The topological polar surface area (TPSA) is 117 Å². The van der Waals surface area contributed by atoms with E-state index in [1.165, 1.54) is 12.8 Å². The van der Waals surface area contributed by atoms with E-state index in [0.717, 1.165) is 42.0 Å². The molecule has 1 aliphatic rings. The predicted octanol–water partition coefficient (Wildman–Crippen LogP) is 3.75. The molecule has 2 aromatic carbocycles. The molecule has 0 aromatic heterocycles. The van der Waals surface area contributed by atoms with Gasteiger partial charge in [0.25, 0.3) is 0 Å². The molecule has 1 aliphatic heterocycles. The van der Waals surface area contributed by atoms with E-state index >= 15 is 0 Å². The molecular weight excluding hydrogens is 482 g/mol. The minimum Gasteiger partial charge on any atom is -0.494 e. The van der Waals surface area contributed by atoms with E-state index < -0.39 is 12.0 Å². The Morgan fingerprint density at radius 2 is 1.95 bits per heavy atom. The number of piperidine rings is 1. The van der Waals surface area contributed by atoms with Crippen LogP contribution in [0.15, 0.2) is 48.5 Å². The highest BCUT2D eigenvalue weighted by atomic mass is 16.5. The Morgan fingerprint density at radius 1 is 1.13 bits per heavy atom. The second-order valence-electron chi connectivity index (χ2n) is 10.0. The maximum atomic E-state index is 13.1. The lowest BCUT2D eigenvalue weighted by atomic mass is 9.97. The molecule has 1 heterocycles. The van der Waals surface area contributed by atoms with Crippen molar-refractivity contribution >= 4 is 17.8 Å². The SMILES string of the molecule is Cc1ccc(OCCC2CCCNC2)cc1CNC(=O)[C@H](CCc1ccccc1)NC(=O)CCCC(=O)O. The van der Waals surface area contributed by atoms with Crippen LogP contribution in [0, 0.1) is 12.8 Å². The fourth-order valence-electron chi connectivity index (χ4n) is 4.64. The number of nitrogens with one attached hydrogen (secondary N) is 3. The van der Waals surface area contributed by atoms with Crippen molar-refractivity contribution in [2.75, 3.05) is 19.7 Å². The van der Waals surface area contributed by atoms with Gasteiger partial charge in [0.15, 0.2) is 0 Å². The summed E-state index contributed by atoms with van der Waals surface area (Å²) in [6.45, 7) is 5.14. The van der Waals surface area contributed by atoms with Crippen LogP contribution in [0.3, 0.4) is 0 Å². The highest BCUT2D eigenvalue weighted by Gasteiger charge is 2.21. The number of benzene rings is 2. The summed E-state index contributed by atoms with van der Waals surface area (Å²) in [6.07, 6.45) is 4.77. The van der Waals surface area contributed by atoms with Crippen LogP contribution in [0.4, 0.5) is 0 Å². The van der Waals surface area contributed by atoms with Crippen molar-refractivity contribution in [3.8, 4) is 5.75 Å². The number of rotatable bonds is 15. The van der Waals surface area contributed by atoms with Crippen LogP contribution in [0.25, 0.3) is 0 Å². The second kappa shape index (κ2) is 15.8. The average Bonchev–Trinajstić information content (AvgIpc) is 2.92. The molecule has 2 amide bonds. The van der Waals surface area contributed by atoms with E-state index in [0.29, 0.717) is 31.9 Å². The number of ether oxygens (including phenoxy) is 1. The van der Waals surface area contributed by atoms with Gasteiger partial charge in [-0.1, -0.05) is 36.4 Å². The number of aryl methyl sites for hydroxylation is 2. The van der Waals surface area contributed by atoms with Gasteiger partial charge in [0.2, 0.25) is 11.8 Å². The van der Waals surface area contributed by atoms with Crippen LogP contribution in [-0.4, -0.2) is 48.6 Å². The Hall–Kier alpha value is -3.39. The maximum absolute atomic E-state index is 13.1. The monoisotopic (exact) mass is 523 g/mol. The maximum Gasteiger partial charge on any atom is 0.303 e. The Labute approximate surface area is 225 Å². The molecule has 4 N–H and O–H groups in total. The van der Waals surface area contributed by atoms with Crippen molar-refractivity contribution in [2.45, 2.75) is 70.9 Å². The second-order valence-corrected chi connectivity index (χ2v) is 10.0. The van der Waals surface area contributed by atoms with Gasteiger partial charge in [-0.25, -0.2) is 0 Å². The molecule has 8 heteroatoms. The Kier molecular flexibility index (Phi) is 12.1. The zero-order chi connectivity index (χ0) is 27.2. The Morgan fingerprint density at radius 3 is 2.68 bits per heavy atom. The zero-order valence-electron chi connectivity index (χ0n) is 22.3. The van der Waals surface area contributed by atoms with Crippen LogP contribution in [0.1, 0.15) is 61.6 Å². The molecule has 0 radical (unpaired) electrons. The summed E-state index contributed by atoms with van der Waals surface area (Å²) in [7, 11) is 0. The molecule has 206 valence electrons. The Bertz CT molecular complexity index is 1040. The van der Waals surface area contributed by atoms with E-state index in [1.54, 1.807) is 0 Å². The van der Waals surface area contributed by atoms with Crippen molar-refractivity contribution < 1.29 is 24.2 Å². The summed E-state index contributed by atoms with van der Waals surface area (Å²) >= 11 is 0. The van der Waals surface area contributed by atoms with E-state index in [-0.39, 0.29) is 31.1 Å². The van der Waals surface area contributed by atoms with E-state index in [1.807, 2.05) is 55.5 Å². The lowest BCUT2D eigenvalue weighted by Gasteiger charge is -2.22. The lowest BCUT2D eigenvalue weighted by Crippen LogP contribution is -2.46. The minimum absolute atomic E-state index is 0.0663. The molecule has 2 aromatic rings. The first kappa shape index (κ1) is 29.2. The number of amides is 2. The quantitative estimate of drug-likeness (QED) is 0.283. The Balaban J connectivity index is 1.55. The van der Waals surface area contributed by atoms with Gasteiger partial charge < -0.3 is 25.8 Å². The van der Waals surface area contributed by atoms with Crippen molar-refractivity contribution in [1.82, 2.24) is 16.0 Å². The third-order valence-corrected chi connectivity index (χ3v) is 6.98. The van der Waals surface area contributed by atoms with Crippen LogP contribution in [-0.2, 0) is 27.3 Å².